The zero-order valence-corrected chi connectivity index (χ0v) is 18.1. The van der Waals surface area contributed by atoms with Crippen molar-refractivity contribution in [2.24, 2.45) is 0 Å². The van der Waals surface area contributed by atoms with Crippen molar-refractivity contribution in [3.05, 3.63) is 72.8 Å². The first-order valence-corrected chi connectivity index (χ1v) is 11.2. The van der Waals surface area contributed by atoms with Crippen LogP contribution < -0.4 is 18.8 Å². The monoisotopic (exact) mass is 468 g/mol. The molecule has 168 valence electrons. The Bertz CT molecular complexity index is 1110. The molecule has 2 aliphatic rings. The van der Waals surface area contributed by atoms with E-state index in [-0.39, 0.29) is 18.1 Å². The van der Waals surface area contributed by atoms with Gasteiger partial charge in [0.2, 0.25) is 0 Å². The van der Waals surface area contributed by atoms with E-state index < -0.39 is 31.5 Å². The third kappa shape index (κ3) is 4.62. The van der Waals surface area contributed by atoms with E-state index in [4.69, 9.17) is 13.6 Å². The highest BCUT2D eigenvalue weighted by atomic mass is 31.2. The highest BCUT2D eigenvalue weighted by Gasteiger charge is 2.31. The Morgan fingerprint density at radius 1 is 0.636 bits per heavy atom. The predicted molar refractivity (Wildman–Crippen MR) is 117 cm³/mol. The van der Waals surface area contributed by atoms with E-state index in [0.717, 1.165) is 9.80 Å². The Labute approximate surface area is 188 Å². The highest BCUT2D eigenvalue weighted by Crippen LogP contribution is 2.49. The van der Waals surface area contributed by atoms with Crippen LogP contribution in [-0.2, 0) is 28.3 Å². The van der Waals surface area contributed by atoms with Crippen LogP contribution in [0.1, 0.15) is 6.92 Å². The third-order valence-corrected chi connectivity index (χ3v) is 5.97. The van der Waals surface area contributed by atoms with Crippen molar-refractivity contribution < 1.29 is 37.3 Å². The number of anilines is 2. The van der Waals surface area contributed by atoms with Crippen LogP contribution in [0.25, 0.3) is 0 Å². The van der Waals surface area contributed by atoms with Crippen molar-refractivity contribution in [2.75, 3.05) is 16.4 Å². The summed E-state index contributed by atoms with van der Waals surface area (Å²) in [6.45, 7) is 1.64. The maximum atomic E-state index is 13.1. The Hall–Kier alpha value is -4.01. The number of imide groups is 2. The van der Waals surface area contributed by atoms with Gasteiger partial charge in [0.05, 0.1) is 18.0 Å². The molecule has 0 saturated heterocycles. The summed E-state index contributed by atoms with van der Waals surface area (Å²) in [5, 5.41) is 0. The third-order valence-electron chi connectivity index (χ3n) is 4.53. The van der Waals surface area contributed by atoms with Crippen LogP contribution >= 0.6 is 7.82 Å². The molecule has 4 amide bonds. The molecule has 0 atom stereocenters. The number of amides is 4. The molecule has 33 heavy (non-hydrogen) atoms. The van der Waals surface area contributed by atoms with Gasteiger partial charge >= 0.3 is 7.82 Å². The first kappa shape index (κ1) is 22.2. The summed E-state index contributed by atoms with van der Waals surface area (Å²) in [5.74, 6) is -1.61. The van der Waals surface area contributed by atoms with Crippen LogP contribution in [0.4, 0.5) is 11.4 Å². The van der Waals surface area contributed by atoms with Gasteiger partial charge in [-0.1, -0.05) is 0 Å². The second kappa shape index (κ2) is 8.85. The summed E-state index contributed by atoms with van der Waals surface area (Å²) in [5.41, 5.74) is 0.649. The lowest BCUT2D eigenvalue weighted by molar-refractivity contribution is -0.121. The molecule has 0 bridgehead atoms. The van der Waals surface area contributed by atoms with Crippen LogP contribution in [-0.4, -0.2) is 30.2 Å². The first-order valence-electron chi connectivity index (χ1n) is 9.76. The molecular weight excluding hydrogens is 451 g/mol. The minimum atomic E-state index is -4.11. The fourth-order valence-corrected chi connectivity index (χ4v) is 4.33. The molecule has 0 radical (unpaired) electrons. The quantitative estimate of drug-likeness (QED) is 0.428. The van der Waals surface area contributed by atoms with Crippen molar-refractivity contribution in [3.8, 4) is 11.5 Å². The average molecular weight is 468 g/mol. The van der Waals surface area contributed by atoms with E-state index in [2.05, 4.69) is 0 Å². The number of hydrogen-bond donors (Lipinski definition) is 0. The molecule has 2 aliphatic heterocycles. The van der Waals surface area contributed by atoms with Crippen molar-refractivity contribution in [3.63, 3.8) is 0 Å². The number of nitrogens with zero attached hydrogens (tertiary/aromatic N) is 2. The van der Waals surface area contributed by atoms with Gasteiger partial charge in [-0.25, -0.2) is 14.4 Å². The minimum Gasteiger partial charge on any atom is -0.395 e. The van der Waals surface area contributed by atoms with E-state index >= 15 is 0 Å². The molecule has 2 heterocycles. The maximum Gasteiger partial charge on any atom is 0.587 e. The molecule has 2 aromatic rings. The molecule has 0 aromatic heterocycles. The highest BCUT2D eigenvalue weighted by molar-refractivity contribution is 7.49. The van der Waals surface area contributed by atoms with Crippen LogP contribution in [0.3, 0.4) is 0 Å². The Kier molecular flexibility index (Phi) is 5.95. The van der Waals surface area contributed by atoms with Crippen molar-refractivity contribution >= 4 is 42.8 Å². The van der Waals surface area contributed by atoms with Crippen LogP contribution in [0.5, 0.6) is 11.5 Å². The number of carbonyl (C=O) groups is 4. The van der Waals surface area contributed by atoms with E-state index in [0.29, 0.717) is 11.4 Å². The zero-order valence-electron chi connectivity index (χ0n) is 17.2. The van der Waals surface area contributed by atoms with Crippen molar-refractivity contribution in [1.82, 2.24) is 0 Å². The van der Waals surface area contributed by atoms with Gasteiger partial charge in [-0.2, -0.15) is 0 Å². The summed E-state index contributed by atoms with van der Waals surface area (Å²) in [4.78, 5) is 49.1. The van der Waals surface area contributed by atoms with Gasteiger partial charge in [0.1, 0.15) is 11.5 Å². The number of phosphoric acid groups is 1. The van der Waals surface area contributed by atoms with Gasteiger partial charge in [0.25, 0.3) is 23.6 Å². The SMILES string of the molecule is CCOP(=O)(Oc1ccc(N2C(=O)C=CC2=O)cc1)Oc1ccc(N2C(=O)C=CC2=O)cc1. The van der Waals surface area contributed by atoms with E-state index in [1.165, 1.54) is 72.8 Å². The molecule has 10 nitrogen and oxygen atoms in total. The molecule has 2 aromatic carbocycles. The first-order chi connectivity index (χ1) is 15.8. The van der Waals surface area contributed by atoms with Gasteiger partial charge in [-0.15, -0.1) is 0 Å². The maximum absolute atomic E-state index is 13.1. The molecule has 0 unspecified atom stereocenters. The van der Waals surface area contributed by atoms with Crippen LogP contribution in [0, 0.1) is 0 Å². The molecule has 0 N–H and O–H groups in total. The Balaban J connectivity index is 1.48. The van der Waals surface area contributed by atoms with Gasteiger partial charge in [0.15, 0.2) is 0 Å². The molecule has 4 rings (SSSR count). The smallest absolute Gasteiger partial charge is 0.395 e. The Morgan fingerprint density at radius 2 is 0.970 bits per heavy atom. The second-order valence-electron chi connectivity index (χ2n) is 6.73. The number of benzene rings is 2. The minimum absolute atomic E-state index is 0.0261. The number of phosphoric ester groups is 1. The standard InChI is InChI=1S/C22H17N2O8P/c1-2-30-33(29,31-17-7-3-15(4-8-17)23-19(25)11-12-20(23)26)32-18-9-5-16(6-10-18)24-21(27)13-14-22(24)28/h3-14H,2H2,1H3. The lowest BCUT2D eigenvalue weighted by Gasteiger charge is -2.20. The van der Waals surface area contributed by atoms with E-state index in [1.54, 1.807) is 6.92 Å². The fraction of sp³-hybridized carbons (Fsp3) is 0.0909. The van der Waals surface area contributed by atoms with E-state index in [1.807, 2.05) is 0 Å². The summed E-state index contributed by atoms with van der Waals surface area (Å²) < 4.78 is 29.3. The molecule has 0 spiro atoms. The molecule has 0 aliphatic carbocycles. The number of hydrogen-bond acceptors (Lipinski definition) is 8. The zero-order chi connectivity index (χ0) is 23.6. The molecular formula is C22H17N2O8P. The van der Waals surface area contributed by atoms with Crippen LogP contribution in [0.2, 0.25) is 0 Å². The van der Waals surface area contributed by atoms with E-state index in [9.17, 15) is 23.7 Å². The predicted octanol–water partition coefficient (Wildman–Crippen LogP) is 3.15. The van der Waals surface area contributed by atoms with Gasteiger partial charge < -0.3 is 9.05 Å². The van der Waals surface area contributed by atoms with Gasteiger partial charge in [-0.3, -0.25) is 23.7 Å². The molecule has 11 heteroatoms. The fourth-order valence-electron chi connectivity index (χ4n) is 3.11. The second-order valence-corrected chi connectivity index (χ2v) is 8.24. The van der Waals surface area contributed by atoms with Gasteiger partial charge in [0, 0.05) is 24.3 Å². The average Bonchev–Trinajstić information content (AvgIpc) is 3.30. The Morgan fingerprint density at radius 3 is 1.27 bits per heavy atom. The lowest BCUT2D eigenvalue weighted by Crippen LogP contribution is -2.29. The largest absolute Gasteiger partial charge is 0.587 e. The molecule has 0 saturated carbocycles. The summed E-state index contributed by atoms with van der Waals surface area (Å²) in [6, 6.07) is 11.5. The van der Waals surface area contributed by atoms with Crippen molar-refractivity contribution in [2.45, 2.75) is 6.92 Å². The lowest BCUT2D eigenvalue weighted by atomic mass is 10.3. The normalized spacial score (nSPS) is 15.7. The van der Waals surface area contributed by atoms with Crippen LogP contribution in [0.15, 0.2) is 72.8 Å². The summed E-state index contributed by atoms with van der Waals surface area (Å²) in [6.07, 6.45) is 4.67. The number of rotatable bonds is 8. The molecule has 0 fully saturated rings. The summed E-state index contributed by atoms with van der Waals surface area (Å²) >= 11 is 0. The van der Waals surface area contributed by atoms with Gasteiger partial charge in [-0.05, 0) is 55.5 Å². The summed E-state index contributed by atoms with van der Waals surface area (Å²) in [7, 11) is -4.11. The number of carbonyl (C=O) groups excluding carboxylic acids is 4. The van der Waals surface area contributed by atoms with Crippen molar-refractivity contribution in [1.29, 1.82) is 0 Å². The topological polar surface area (TPSA) is 120 Å².